The normalized spacial score (nSPS) is 7.67. The van der Waals surface area contributed by atoms with Crippen LogP contribution in [-0.4, -0.2) is 5.11 Å². The summed E-state index contributed by atoms with van der Waals surface area (Å²) in [6.07, 6.45) is 1.68. The van der Waals surface area contributed by atoms with E-state index in [0.29, 0.717) is 12.2 Å². The maximum Gasteiger partial charge on any atom is 0.115 e. The van der Waals surface area contributed by atoms with Crippen LogP contribution in [0.4, 0.5) is 0 Å². The molecule has 1 rings (SSSR count). The second-order valence-electron chi connectivity index (χ2n) is 2.24. The van der Waals surface area contributed by atoms with Crippen molar-refractivity contribution in [1.29, 1.82) is 5.26 Å². The molecule has 0 spiro atoms. The van der Waals surface area contributed by atoms with E-state index >= 15 is 0 Å². The Bertz CT molecular complexity index is 225. The molecule has 2 nitrogen and oxygen atoms in total. The van der Waals surface area contributed by atoms with Crippen LogP contribution in [0.1, 0.15) is 19.8 Å². The molecule has 0 heterocycles. The average molecular weight is 163 g/mol. The topological polar surface area (TPSA) is 44.0 Å². The predicted octanol–water partition coefficient (Wildman–Crippen LogP) is 2.70. The molecule has 0 amide bonds. The summed E-state index contributed by atoms with van der Waals surface area (Å²) >= 11 is 0. The van der Waals surface area contributed by atoms with Gasteiger partial charge >= 0.3 is 0 Å². The zero-order valence-corrected chi connectivity index (χ0v) is 7.20. The van der Waals surface area contributed by atoms with Gasteiger partial charge in [0.05, 0.1) is 6.07 Å². The Morgan fingerprint density at radius 1 is 1.33 bits per heavy atom. The standard InChI is InChI=1S/C6H6O.C4H7N/c7-6-4-2-1-3-5-6;1-2-3-4-5/h1-5,7H;2-3H2,1H3. The number of nitriles is 1. The quantitative estimate of drug-likeness (QED) is 0.691. The fraction of sp³-hybridized carbons (Fsp3) is 0.300. The van der Waals surface area contributed by atoms with Gasteiger partial charge in [0.15, 0.2) is 0 Å². The minimum absolute atomic E-state index is 0.322. The first-order chi connectivity index (χ1) is 5.81. The van der Waals surface area contributed by atoms with E-state index in [1.54, 1.807) is 24.3 Å². The van der Waals surface area contributed by atoms with Crippen LogP contribution in [0, 0.1) is 11.3 Å². The molecule has 0 bridgehead atoms. The van der Waals surface area contributed by atoms with Crippen molar-refractivity contribution < 1.29 is 5.11 Å². The van der Waals surface area contributed by atoms with Crippen molar-refractivity contribution in [2.75, 3.05) is 0 Å². The monoisotopic (exact) mass is 163 g/mol. The van der Waals surface area contributed by atoms with Crippen molar-refractivity contribution in [1.82, 2.24) is 0 Å². The van der Waals surface area contributed by atoms with Gasteiger partial charge < -0.3 is 5.11 Å². The lowest BCUT2D eigenvalue weighted by molar-refractivity contribution is 0.475. The number of benzene rings is 1. The molecular weight excluding hydrogens is 150 g/mol. The number of nitrogens with zero attached hydrogens (tertiary/aromatic N) is 1. The van der Waals surface area contributed by atoms with E-state index in [-0.39, 0.29) is 0 Å². The smallest absolute Gasteiger partial charge is 0.115 e. The van der Waals surface area contributed by atoms with Gasteiger partial charge in [-0.3, -0.25) is 0 Å². The van der Waals surface area contributed by atoms with Crippen LogP contribution in [0.2, 0.25) is 0 Å². The largest absolute Gasteiger partial charge is 0.508 e. The summed E-state index contributed by atoms with van der Waals surface area (Å²) in [7, 11) is 0. The summed E-state index contributed by atoms with van der Waals surface area (Å²) in [4.78, 5) is 0. The number of rotatable bonds is 1. The Morgan fingerprint density at radius 2 is 1.92 bits per heavy atom. The first kappa shape index (κ1) is 10.5. The van der Waals surface area contributed by atoms with E-state index in [4.69, 9.17) is 10.4 Å². The highest BCUT2D eigenvalue weighted by atomic mass is 16.3. The van der Waals surface area contributed by atoms with Crippen molar-refractivity contribution >= 4 is 0 Å². The molecule has 0 saturated heterocycles. The summed E-state index contributed by atoms with van der Waals surface area (Å²) in [5.74, 6) is 0.322. The van der Waals surface area contributed by atoms with Crippen molar-refractivity contribution in [3.05, 3.63) is 30.3 Å². The van der Waals surface area contributed by atoms with Crippen LogP contribution in [0.5, 0.6) is 5.75 Å². The number of hydrogen-bond acceptors (Lipinski definition) is 2. The highest BCUT2D eigenvalue weighted by Gasteiger charge is 1.74. The third-order valence-electron chi connectivity index (χ3n) is 1.12. The van der Waals surface area contributed by atoms with E-state index < -0.39 is 0 Å². The fourth-order valence-electron chi connectivity index (χ4n) is 0.540. The van der Waals surface area contributed by atoms with E-state index in [1.165, 1.54) is 0 Å². The van der Waals surface area contributed by atoms with Gasteiger partial charge in [0, 0.05) is 6.42 Å². The van der Waals surface area contributed by atoms with Crippen LogP contribution in [0.25, 0.3) is 0 Å². The van der Waals surface area contributed by atoms with Gasteiger partial charge in [0.1, 0.15) is 5.75 Å². The van der Waals surface area contributed by atoms with Crippen LogP contribution >= 0.6 is 0 Å². The number of hydrogen-bond donors (Lipinski definition) is 1. The number of para-hydroxylation sites is 1. The highest BCUT2D eigenvalue weighted by molar-refractivity contribution is 5.18. The molecule has 0 fully saturated rings. The van der Waals surface area contributed by atoms with Crippen LogP contribution in [0.3, 0.4) is 0 Å². The first-order valence-corrected chi connectivity index (χ1v) is 3.92. The fourth-order valence-corrected chi connectivity index (χ4v) is 0.540. The number of unbranched alkanes of at least 4 members (excludes halogenated alkanes) is 1. The van der Waals surface area contributed by atoms with Gasteiger partial charge in [-0.15, -0.1) is 0 Å². The Kier molecular flexibility index (Phi) is 6.67. The SMILES string of the molecule is CCCC#N.Oc1ccccc1. The number of aromatic hydroxyl groups is 1. The second-order valence-corrected chi connectivity index (χ2v) is 2.24. The molecule has 0 aliphatic rings. The Hall–Kier alpha value is -1.49. The summed E-state index contributed by atoms with van der Waals surface area (Å²) in [5, 5.41) is 16.4. The van der Waals surface area contributed by atoms with Gasteiger partial charge in [0.2, 0.25) is 0 Å². The third kappa shape index (κ3) is 6.63. The van der Waals surface area contributed by atoms with Crippen molar-refractivity contribution in [3.8, 4) is 11.8 Å². The van der Waals surface area contributed by atoms with Crippen molar-refractivity contribution in [2.24, 2.45) is 0 Å². The van der Waals surface area contributed by atoms with Gasteiger partial charge in [-0.2, -0.15) is 5.26 Å². The summed E-state index contributed by atoms with van der Waals surface area (Å²) < 4.78 is 0. The Morgan fingerprint density at radius 3 is 2.08 bits per heavy atom. The van der Waals surface area contributed by atoms with Gasteiger partial charge in [-0.05, 0) is 18.6 Å². The lowest BCUT2D eigenvalue weighted by Crippen LogP contribution is -1.56. The minimum Gasteiger partial charge on any atom is -0.508 e. The molecule has 12 heavy (non-hydrogen) atoms. The third-order valence-corrected chi connectivity index (χ3v) is 1.12. The summed E-state index contributed by atoms with van der Waals surface area (Å²) in [5.41, 5.74) is 0. The molecule has 0 aliphatic carbocycles. The van der Waals surface area contributed by atoms with E-state index in [0.717, 1.165) is 6.42 Å². The van der Waals surface area contributed by atoms with Crippen molar-refractivity contribution in [3.63, 3.8) is 0 Å². The predicted molar refractivity (Wildman–Crippen MR) is 48.6 cm³/mol. The molecule has 0 aromatic heterocycles. The maximum atomic E-state index is 8.63. The van der Waals surface area contributed by atoms with Crippen molar-refractivity contribution in [2.45, 2.75) is 19.8 Å². The van der Waals surface area contributed by atoms with Gasteiger partial charge in [-0.1, -0.05) is 25.1 Å². The molecule has 0 saturated carbocycles. The number of phenols is 1. The number of phenolic OH excluding ortho intramolecular Hbond substituents is 1. The van der Waals surface area contributed by atoms with Gasteiger partial charge in [0.25, 0.3) is 0 Å². The minimum atomic E-state index is 0.322. The summed E-state index contributed by atoms with van der Waals surface area (Å²) in [6, 6.07) is 10.7. The Labute approximate surface area is 73.1 Å². The first-order valence-electron chi connectivity index (χ1n) is 3.92. The molecule has 2 heteroatoms. The lowest BCUT2D eigenvalue weighted by atomic mass is 10.3. The van der Waals surface area contributed by atoms with E-state index in [2.05, 4.69) is 0 Å². The van der Waals surface area contributed by atoms with E-state index in [9.17, 15) is 0 Å². The summed E-state index contributed by atoms with van der Waals surface area (Å²) in [6.45, 7) is 1.99. The van der Waals surface area contributed by atoms with E-state index in [1.807, 2.05) is 19.1 Å². The molecule has 0 atom stereocenters. The zero-order chi connectivity index (χ0) is 9.23. The lowest BCUT2D eigenvalue weighted by Gasteiger charge is -1.82. The van der Waals surface area contributed by atoms with Crippen LogP contribution in [-0.2, 0) is 0 Å². The Balaban J connectivity index is 0.000000217. The molecule has 0 aliphatic heterocycles. The zero-order valence-electron chi connectivity index (χ0n) is 7.20. The molecular formula is C10H13NO. The second kappa shape index (κ2) is 7.62. The molecule has 1 aromatic rings. The van der Waals surface area contributed by atoms with Crippen LogP contribution < -0.4 is 0 Å². The molecule has 0 radical (unpaired) electrons. The molecule has 1 N–H and O–H groups in total. The maximum absolute atomic E-state index is 8.63. The van der Waals surface area contributed by atoms with Gasteiger partial charge in [-0.25, -0.2) is 0 Å². The molecule has 1 aromatic carbocycles. The molecule has 0 unspecified atom stereocenters. The average Bonchev–Trinajstić information content (AvgIpc) is 2.08. The van der Waals surface area contributed by atoms with Crippen LogP contribution in [0.15, 0.2) is 30.3 Å². The highest BCUT2D eigenvalue weighted by Crippen LogP contribution is 2.02. The molecule has 64 valence electrons.